The molecule has 0 aliphatic carbocycles. The van der Waals surface area contributed by atoms with E-state index in [1.165, 1.54) is 18.4 Å². The Kier molecular flexibility index (Phi) is 5.24. The Morgan fingerprint density at radius 2 is 1.97 bits per heavy atom. The number of nitrogens with zero attached hydrogens (tertiary/aromatic N) is 4. The van der Waals surface area contributed by atoms with Gasteiger partial charge >= 0.3 is 0 Å². The molecule has 11 heteroatoms. The van der Waals surface area contributed by atoms with Crippen LogP contribution in [-0.4, -0.2) is 19.7 Å². The molecule has 3 heterocycles. The highest BCUT2D eigenvalue weighted by atomic mass is 35.5. The van der Waals surface area contributed by atoms with E-state index in [-0.39, 0.29) is 33.7 Å². The number of aromatic nitrogens is 4. The monoisotopic (exact) mass is 472 g/mol. The Bertz CT molecular complexity index is 1500. The van der Waals surface area contributed by atoms with Crippen molar-refractivity contribution in [2.75, 3.05) is 0 Å². The van der Waals surface area contributed by atoms with Crippen LogP contribution in [0.15, 0.2) is 73.7 Å². The summed E-state index contributed by atoms with van der Waals surface area (Å²) in [6.45, 7) is 0. The molecule has 0 aliphatic heterocycles. The van der Waals surface area contributed by atoms with Crippen LogP contribution in [0.2, 0.25) is 5.02 Å². The van der Waals surface area contributed by atoms with Crippen molar-refractivity contribution in [1.82, 2.24) is 19.7 Å². The van der Waals surface area contributed by atoms with Gasteiger partial charge in [-0.1, -0.05) is 28.5 Å². The van der Waals surface area contributed by atoms with Gasteiger partial charge in [-0.05, 0) is 42.5 Å². The van der Waals surface area contributed by atoms with Crippen LogP contribution in [0.5, 0.6) is 0 Å². The molecule has 0 bridgehead atoms. The Hall–Kier alpha value is -3.50. The zero-order valence-corrected chi connectivity index (χ0v) is 17.5. The second-order valence-corrected chi connectivity index (χ2v) is 7.95. The van der Waals surface area contributed by atoms with Crippen LogP contribution in [0.25, 0.3) is 28.2 Å². The van der Waals surface area contributed by atoms with Gasteiger partial charge in [0.15, 0.2) is 10.9 Å². The van der Waals surface area contributed by atoms with Crippen molar-refractivity contribution in [3.05, 3.63) is 87.7 Å². The molecule has 0 radical (unpaired) electrons. The first-order valence-corrected chi connectivity index (χ1v) is 10.5. The van der Waals surface area contributed by atoms with Gasteiger partial charge in [0.1, 0.15) is 11.6 Å². The van der Waals surface area contributed by atoms with Gasteiger partial charge in [-0.25, -0.2) is 13.8 Å². The molecular weight excluding hydrogens is 462 g/mol. The van der Waals surface area contributed by atoms with Gasteiger partial charge in [-0.15, -0.1) is 0 Å². The lowest BCUT2D eigenvalue weighted by molar-refractivity contribution is 0.390. The van der Waals surface area contributed by atoms with Gasteiger partial charge in [-0.3, -0.25) is 9.36 Å². The van der Waals surface area contributed by atoms with Gasteiger partial charge in [0, 0.05) is 11.1 Å². The number of hydrogen-bond donors (Lipinski definition) is 0. The summed E-state index contributed by atoms with van der Waals surface area (Å²) in [6.07, 6.45) is 1.49. The highest BCUT2D eigenvalue weighted by molar-refractivity contribution is 7.98. The standard InChI is InChI=1S/C21H11ClF2N4O3S/c22-11-3-5-15-13(8-11)20(29)28(16-6-4-12(23)9-14(16)24)21(25-15)32-10-18-26-19(27-31-18)17-2-1-7-30-17/h1-9H,10H2. The quantitative estimate of drug-likeness (QED) is 0.255. The zero-order valence-electron chi connectivity index (χ0n) is 16.0. The average Bonchev–Trinajstić information content (AvgIpc) is 3.46. The Morgan fingerprint density at radius 3 is 2.75 bits per heavy atom. The van der Waals surface area contributed by atoms with E-state index in [0.717, 1.165) is 22.4 Å². The Morgan fingerprint density at radius 1 is 1.09 bits per heavy atom. The third-order valence-corrected chi connectivity index (χ3v) is 5.64. The van der Waals surface area contributed by atoms with Crippen molar-refractivity contribution in [3.8, 4) is 17.3 Å². The number of hydrogen-bond acceptors (Lipinski definition) is 7. The third kappa shape index (κ3) is 3.78. The van der Waals surface area contributed by atoms with Crippen LogP contribution in [0.1, 0.15) is 5.89 Å². The SMILES string of the molecule is O=c1c2cc(Cl)ccc2nc(SCc2nc(-c3ccco3)no2)n1-c1ccc(F)cc1F. The summed E-state index contributed by atoms with van der Waals surface area (Å²) in [5.41, 5.74) is -0.315. The van der Waals surface area contributed by atoms with E-state index in [9.17, 15) is 13.6 Å². The minimum atomic E-state index is -0.907. The molecule has 0 unspecified atom stereocenters. The normalized spacial score (nSPS) is 11.3. The van der Waals surface area contributed by atoms with Gasteiger partial charge in [0.05, 0.1) is 28.6 Å². The smallest absolute Gasteiger partial charge is 0.266 e. The molecule has 0 aliphatic rings. The molecular formula is C21H11ClF2N4O3S. The lowest BCUT2D eigenvalue weighted by Gasteiger charge is -2.13. The molecule has 160 valence electrons. The molecule has 0 fully saturated rings. The van der Waals surface area contributed by atoms with E-state index < -0.39 is 17.2 Å². The molecule has 0 atom stereocenters. The number of fused-ring (bicyclic) bond motifs is 1. The fourth-order valence-electron chi connectivity index (χ4n) is 3.05. The van der Waals surface area contributed by atoms with Gasteiger partial charge in [0.2, 0.25) is 11.7 Å². The van der Waals surface area contributed by atoms with E-state index in [4.69, 9.17) is 20.5 Å². The fourth-order valence-corrected chi connectivity index (χ4v) is 4.07. The van der Waals surface area contributed by atoms with E-state index in [0.29, 0.717) is 22.4 Å². The Balaban J connectivity index is 1.58. The second-order valence-electron chi connectivity index (χ2n) is 6.57. The lowest BCUT2D eigenvalue weighted by Crippen LogP contribution is -2.22. The van der Waals surface area contributed by atoms with E-state index in [1.54, 1.807) is 24.3 Å². The fraction of sp³-hybridized carbons (Fsp3) is 0.0476. The minimum absolute atomic E-state index is 0.141. The van der Waals surface area contributed by atoms with E-state index in [1.807, 2.05) is 0 Å². The molecule has 0 saturated heterocycles. The maximum absolute atomic E-state index is 14.6. The van der Waals surface area contributed by atoms with E-state index in [2.05, 4.69) is 15.1 Å². The van der Waals surface area contributed by atoms with Crippen LogP contribution < -0.4 is 5.56 Å². The molecule has 2 aromatic carbocycles. The predicted molar refractivity (Wildman–Crippen MR) is 114 cm³/mol. The second kappa shape index (κ2) is 8.21. The van der Waals surface area contributed by atoms with Crippen molar-refractivity contribution < 1.29 is 17.7 Å². The topological polar surface area (TPSA) is 86.9 Å². The average molecular weight is 473 g/mol. The number of thioether (sulfide) groups is 1. The summed E-state index contributed by atoms with van der Waals surface area (Å²) in [7, 11) is 0. The minimum Gasteiger partial charge on any atom is -0.461 e. The first-order valence-electron chi connectivity index (χ1n) is 9.16. The van der Waals surface area contributed by atoms with Crippen molar-refractivity contribution >= 4 is 34.3 Å². The van der Waals surface area contributed by atoms with Crippen molar-refractivity contribution in [1.29, 1.82) is 0 Å². The highest BCUT2D eigenvalue weighted by Gasteiger charge is 2.19. The van der Waals surface area contributed by atoms with Crippen molar-refractivity contribution in [2.24, 2.45) is 0 Å². The molecule has 5 rings (SSSR count). The number of halogens is 3. The molecule has 0 spiro atoms. The molecule has 3 aromatic heterocycles. The summed E-state index contributed by atoms with van der Waals surface area (Å²) in [5, 5.41) is 4.54. The predicted octanol–water partition coefficient (Wildman–Crippen LogP) is 5.25. The van der Waals surface area contributed by atoms with E-state index >= 15 is 0 Å². The molecule has 0 saturated carbocycles. The number of rotatable bonds is 5. The number of furan rings is 1. The lowest BCUT2D eigenvalue weighted by atomic mass is 10.2. The largest absolute Gasteiger partial charge is 0.461 e. The first kappa shape index (κ1) is 20.4. The molecule has 32 heavy (non-hydrogen) atoms. The van der Waals surface area contributed by atoms with Gasteiger partial charge < -0.3 is 8.94 Å². The summed E-state index contributed by atoms with van der Waals surface area (Å²) in [6, 6.07) is 11.0. The highest BCUT2D eigenvalue weighted by Crippen LogP contribution is 2.27. The van der Waals surface area contributed by atoms with Crippen LogP contribution in [0.3, 0.4) is 0 Å². The molecule has 5 aromatic rings. The Labute approximate surface area is 187 Å². The van der Waals surface area contributed by atoms with Crippen LogP contribution in [-0.2, 0) is 5.75 Å². The molecule has 0 N–H and O–H groups in total. The number of benzene rings is 2. The van der Waals surface area contributed by atoms with Gasteiger partial charge in [0.25, 0.3) is 5.56 Å². The maximum Gasteiger partial charge on any atom is 0.266 e. The van der Waals surface area contributed by atoms with Crippen LogP contribution >= 0.6 is 23.4 Å². The molecule has 0 amide bonds. The summed E-state index contributed by atoms with van der Waals surface area (Å²) in [5.74, 6) is -0.568. The third-order valence-electron chi connectivity index (χ3n) is 4.48. The van der Waals surface area contributed by atoms with Gasteiger partial charge in [-0.2, -0.15) is 4.98 Å². The van der Waals surface area contributed by atoms with Crippen molar-refractivity contribution in [2.45, 2.75) is 10.9 Å². The van der Waals surface area contributed by atoms with Crippen LogP contribution in [0, 0.1) is 11.6 Å². The van der Waals surface area contributed by atoms with Crippen LogP contribution in [0.4, 0.5) is 8.78 Å². The maximum atomic E-state index is 14.6. The zero-order chi connectivity index (χ0) is 22.2. The summed E-state index contributed by atoms with van der Waals surface area (Å²) in [4.78, 5) is 22.0. The molecule has 7 nitrogen and oxygen atoms in total. The summed E-state index contributed by atoms with van der Waals surface area (Å²) >= 11 is 7.11. The summed E-state index contributed by atoms with van der Waals surface area (Å²) < 4.78 is 39.6. The van der Waals surface area contributed by atoms with Crippen molar-refractivity contribution in [3.63, 3.8) is 0 Å². The first-order chi connectivity index (χ1) is 15.5.